The summed E-state index contributed by atoms with van der Waals surface area (Å²) >= 11 is 8.00. The van der Waals surface area contributed by atoms with Crippen molar-refractivity contribution in [2.24, 2.45) is 0 Å². The molecule has 0 saturated heterocycles. The first-order chi connectivity index (χ1) is 11.7. The lowest BCUT2D eigenvalue weighted by Crippen LogP contribution is -2.25. The summed E-state index contributed by atoms with van der Waals surface area (Å²) in [6.45, 7) is 0. The third-order valence-corrected chi connectivity index (χ3v) is 3.94. The number of nitro groups is 1. The van der Waals surface area contributed by atoms with Crippen LogP contribution in [0.25, 0.3) is 5.69 Å². The van der Waals surface area contributed by atoms with Gasteiger partial charge in [-0.25, -0.2) is 4.98 Å². The molecular formula is C12H3BrClF6N3O3. The van der Waals surface area contributed by atoms with E-state index in [1.807, 2.05) is 0 Å². The fourth-order valence-corrected chi connectivity index (χ4v) is 2.80. The molecule has 2 rings (SSSR count). The van der Waals surface area contributed by atoms with Crippen LogP contribution in [0.3, 0.4) is 0 Å². The standard InChI is InChI=1S/C12H3BrClF6N3O3/c13-5-1-4(11(15,16)17)2-6(23(25)26)8(5)22-3-21-9(12(18,19)20)7(14)10(22)24/h1-3H. The molecule has 26 heavy (non-hydrogen) atoms. The number of hydrogen-bond acceptors (Lipinski definition) is 4. The van der Waals surface area contributed by atoms with Gasteiger partial charge in [0.2, 0.25) is 0 Å². The van der Waals surface area contributed by atoms with E-state index in [0.717, 1.165) is 0 Å². The van der Waals surface area contributed by atoms with Gasteiger partial charge in [-0.2, -0.15) is 26.3 Å². The maximum Gasteiger partial charge on any atom is 0.435 e. The lowest BCUT2D eigenvalue weighted by Gasteiger charge is -2.14. The predicted molar refractivity (Wildman–Crippen MR) is 79.2 cm³/mol. The quantitative estimate of drug-likeness (QED) is 0.368. The van der Waals surface area contributed by atoms with Crippen LogP contribution < -0.4 is 5.56 Å². The van der Waals surface area contributed by atoms with Crippen LogP contribution in [0.2, 0.25) is 5.02 Å². The van der Waals surface area contributed by atoms with E-state index in [2.05, 4.69) is 20.9 Å². The highest BCUT2D eigenvalue weighted by Crippen LogP contribution is 2.39. The van der Waals surface area contributed by atoms with E-state index in [0.29, 0.717) is 6.07 Å². The molecule has 0 aliphatic rings. The average molecular weight is 467 g/mol. The molecule has 0 fully saturated rings. The van der Waals surface area contributed by atoms with Gasteiger partial charge in [-0.15, -0.1) is 0 Å². The second-order valence-electron chi connectivity index (χ2n) is 4.66. The van der Waals surface area contributed by atoms with Crippen LogP contribution in [-0.4, -0.2) is 14.5 Å². The van der Waals surface area contributed by atoms with Crippen LogP contribution in [0.5, 0.6) is 0 Å². The highest BCUT2D eigenvalue weighted by Gasteiger charge is 2.38. The zero-order valence-electron chi connectivity index (χ0n) is 11.8. The maximum absolute atomic E-state index is 12.8. The number of alkyl halides is 6. The highest BCUT2D eigenvalue weighted by molar-refractivity contribution is 9.10. The Hall–Kier alpha value is -2.15. The lowest BCUT2D eigenvalue weighted by molar-refractivity contribution is -0.384. The van der Waals surface area contributed by atoms with Crippen molar-refractivity contribution in [2.75, 3.05) is 0 Å². The monoisotopic (exact) mass is 465 g/mol. The molecule has 0 amide bonds. The van der Waals surface area contributed by atoms with Crippen molar-refractivity contribution in [3.8, 4) is 5.69 Å². The van der Waals surface area contributed by atoms with Crippen molar-refractivity contribution >= 4 is 33.2 Å². The first-order valence-electron chi connectivity index (χ1n) is 6.15. The molecule has 0 unspecified atom stereocenters. The molecule has 0 atom stereocenters. The Labute approximate surface area is 152 Å². The number of nitro benzene ring substituents is 1. The first-order valence-corrected chi connectivity index (χ1v) is 7.32. The summed E-state index contributed by atoms with van der Waals surface area (Å²) in [6.07, 6.45) is -9.72. The van der Waals surface area contributed by atoms with Gasteiger partial charge < -0.3 is 0 Å². The van der Waals surface area contributed by atoms with Gasteiger partial charge in [0.15, 0.2) is 5.69 Å². The van der Waals surface area contributed by atoms with Crippen LogP contribution in [0.15, 0.2) is 27.7 Å². The van der Waals surface area contributed by atoms with E-state index in [9.17, 15) is 41.3 Å². The molecule has 0 aliphatic heterocycles. The minimum Gasteiger partial charge on any atom is -0.267 e. The SMILES string of the molecule is O=c1c(Cl)c(C(F)(F)F)ncn1-c1c(Br)cc(C(F)(F)F)cc1[N+](=O)[O-]. The van der Waals surface area contributed by atoms with Crippen LogP contribution in [0.1, 0.15) is 11.3 Å². The van der Waals surface area contributed by atoms with E-state index >= 15 is 0 Å². The molecule has 0 aliphatic carbocycles. The number of aromatic nitrogens is 2. The largest absolute Gasteiger partial charge is 0.435 e. The molecular weight excluding hydrogens is 463 g/mol. The van der Waals surface area contributed by atoms with Gasteiger partial charge in [0, 0.05) is 10.5 Å². The van der Waals surface area contributed by atoms with Gasteiger partial charge in [0.25, 0.3) is 11.2 Å². The third kappa shape index (κ3) is 3.67. The number of hydrogen-bond donors (Lipinski definition) is 0. The first kappa shape index (κ1) is 20.2. The molecule has 0 radical (unpaired) electrons. The van der Waals surface area contributed by atoms with Gasteiger partial charge in [-0.05, 0) is 22.0 Å². The summed E-state index contributed by atoms with van der Waals surface area (Å²) in [5.41, 5.74) is -6.62. The van der Waals surface area contributed by atoms with Crippen LogP contribution in [0.4, 0.5) is 32.0 Å². The second kappa shape index (κ2) is 6.54. The van der Waals surface area contributed by atoms with Crippen molar-refractivity contribution in [2.45, 2.75) is 12.4 Å². The Bertz CT molecular complexity index is 957. The van der Waals surface area contributed by atoms with E-state index in [1.54, 1.807) is 0 Å². The number of benzene rings is 1. The van der Waals surface area contributed by atoms with Gasteiger partial charge >= 0.3 is 12.4 Å². The predicted octanol–water partition coefficient (Wildman–Crippen LogP) is 4.59. The zero-order chi connectivity index (χ0) is 20.0. The Morgan fingerprint density at radius 1 is 1.15 bits per heavy atom. The van der Waals surface area contributed by atoms with E-state index < -0.39 is 55.0 Å². The summed E-state index contributed by atoms with van der Waals surface area (Å²) in [7, 11) is 0. The Balaban J connectivity index is 2.84. The zero-order valence-corrected chi connectivity index (χ0v) is 14.2. The number of halogens is 8. The molecule has 6 nitrogen and oxygen atoms in total. The highest BCUT2D eigenvalue weighted by atomic mass is 79.9. The van der Waals surface area contributed by atoms with Gasteiger partial charge in [0.1, 0.15) is 17.0 Å². The minimum atomic E-state index is -5.07. The molecule has 0 bridgehead atoms. The van der Waals surface area contributed by atoms with Crippen molar-refractivity contribution in [3.05, 3.63) is 59.7 Å². The van der Waals surface area contributed by atoms with Crippen LogP contribution >= 0.6 is 27.5 Å². The van der Waals surface area contributed by atoms with E-state index in [-0.39, 0.29) is 17.0 Å². The fraction of sp³-hybridized carbons (Fsp3) is 0.167. The summed E-state index contributed by atoms with van der Waals surface area (Å²) in [5.74, 6) is 0. The molecule has 1 aromatic heterocycles. The lowest BCUT2D eigenvalue weighted by atomic mass is 10.1. The molecule has 0 saturated carbocycles. The van der Waals surface area contributed by atoms with Gasteiger partial charge in [-0.1, -0.05) is 11.6 Å². The normalized spacial score (nSPS) is 12.3. The molecule has 0 spiro atoms. The summed E-state index contributed by atoms with van der Waals surface area (Å²) in [6, 6.07) is 0.568. The fourth-order valence-electron chi connectivity index (χ4n) is 1.91. The molecule has 14 heteroatoms. The Morgan fingerprint density at radius 2 is 1.73 bits per heavy atom. The molecule has 1 aromatic carbocycles. The van der Waals surface area contributed by atoms with Crippen molar-refractivity contribution < 1.29 is 31.3 Å². The van der Waals surface area contributed by atoms with Crippen molar-refractivity contribution in [1.29, 1.82) is 0 Å². The average Bonchev–Trinajstić information content (AvgIpc) is 2.47. The smallest absolute Gasteiger partial charge is 0.267 e. The van der Waals surface area contributed by atoms with Gasteiger partial charge in [-0.3, -0.25) is 19.5 Å². The maximum atomic E-state index is 12.8. The number of nitrogens with zero attached hydrogens (tertiary/aromatic N) is 3. The van der Waals surface area contributed by atoms with Crippen LogP contribution in [0, 0.1) is 10.1 Å². The second-order valence-corrected chi connectivity index (χ2v) is 5.89. The van der Waals surface area contributed by atoms with Gasteiger partial charge in [0.05, 0.1) is 10.5 Å². The molecule has 2 aromatic rings. The molecule has 0 N–H and O–H groups in total. The topological polar surface area (TPSA) is 78.0 Å². The summed E-state index contributed by atoms with van der Waals surface area (Å²) < 4.78 is 76.2. The van der Waals surface area contributed by atoms with Crippen molar-refractivity contribution in [1.82, 2.24) is 9.55 Å². The summed E-state index contributed by atoms with van der Waals surface area (Å²) in [4.78, 5) is 24.9. The Kier molecular flexibility index (Phi) is 5.07. The van der Waals surface area contributed by atoms with Crippen LogP contribution in [-0.2, 0) is 12.4 Å². The molecule has 140 valence electrons. The van der Waals surface area contributed by atoms with Crippen molar-refractivity contribution in [3.63, 3.8) is 0 Å². The van der Waals surface area contributed by atoms with E-state index in [4.69, 9.17) is 11.6 Å². The molecule has 1 heterocycles. The summed E-state index contributed by atoms with van der Waals surface area (Å²) in [5, 5.41) is 9.73. The van der Waals surface area contributed by atoms with E-state index in [1.165, 1.54) is 0 Å². The third-order valence-electron chi connectivity index (χ3n) is 2.99. The Morgan fingerprint density at radius 3 is 2.19 bits per heavy atom. The minimum absolute atomic E-state index is 0.137. The number of rotatable bonds is 2.